The Morgan fingerprint density at radius 2 is 2.12 bits per heavy atom. The Kier molecular flexibility index (Phi) is 4.71. The van der Waals surface area contributed by atoms with E-state index in [0.29, 0.717) is 29.4 Å². The van der Waals surface area contributed by atoms with E-state index in [1.165, 1.54) is 7.11 Å². The number of benzene rings is 1. The zero-order chi connectivity index (χ0) is 17.1. The van der Waals surface area contributed by atoms with E-state index < -0.39 is 0 Å². The largest absolute Gasteiger partial charge is 0.465 e. The van der Waals surface area contributed by atoms with Crippen molar-refractivity contribution in [3.05, 3.63) is 63.6 Å². The number of aryl methyl sites for hydroxylation is 1. The Balaban J connectivity index is 1.80. The van der Waals surface area contributed by atoms with Crippen LogP contribution in [0.1, 0.15) is 27.4 Å². The Labute approximate surface area is 147 Å². The van der Waals surface area contributed by atoms with Gasteiger partial charge < -0.3 is 9.26 Å². The topological polar surface area (TPSA) is 78.1 Å². The average Bonchev–Trinajstić information content (AvgIpc) is 3.05. The van der Waals surface area contributed by atoms with Crippen molar-refractivity contribution in [1.29, 1.82) is 0 Å². The molecule has 24 heavy (non-hydrogen) atoms. The first-order chi connectivity index (χ1) is 11.6. The summed E-state index contributed by atoms with van der Waals surface area (Å²) in [5.74, 6) is 0.580. The Morgan fingerprint density at radius 3 is 2.79 bits per heavy atom. The molecule has 0 bridgehead atoms. The zero-order valence-electron chi connectivity index (χ0n) is 13.1. The van der Waals surface area contributed by atoms with Crippen molar-refractivity contribution < 1.29 is 14.1 Å². The molecule has 2 aromatic heterocycles. The maximum Gasteiger partial charge on any atom is 0.337 e. The zero-order valence-corrected chi connectivity index (χ0v) is 14.7. The van der Waals surface area contributed by atoms with E-state index in [1.54, 1.807) is 18.3 Å². The van der Waals surface area contributed by atoms with E-state index in [9.17, 15) is 4.79 Å². The number of hydrogen-bond donors (Lipinski definition) is 0. The SMILES string of the molecule is COC(=O)c1ccc(Cc2nc(-c3ccc(Br)cn3)no2)c(C)c1. The van der Waals surface area contributed by atoms with Gasteiger partial charge in [0.15, 0.2) is 0 Å². The van der Waals surface area contributed by atoms with Crippen LogP contribution in [0.3, 0.4) is 0 Å². The van der Waals surface area contributed by atoms with Crippen LogP contribution in [0.2, 0.25) is 0 Å². The van der Waals surface area contributed by atoms with Crippen LogP contribution < -0.4 is 0 Å². The second-order valence-electron chi connectivity index (χ2n) is 5.18. The fourth-order valence-electron chi connectivity index (χ4n) is 2.24. The van der Waals surface area contributed by atoms with Crippen LogP contribution in [0.4, 0.5) is 0 Å². The van der Waals surface area contributed by atoms with Gasteiger partial charge >= 0.3 is 5.97 Å². The van der Waals surface area contributed by atoms with Crippen molar-refractivity contribution in [2.45, 2.75) is 13.3 Å². The molecule has 0 aliphatic heterocycles. The molecular formula is C17H14BrN3O3. The fourth-order valence-corrected chi connectivity index (χ4v) is 2.48. The summed E-state index contributed by atoms with van der Waals surface area (Å²) in [6.07, 6.45) is 2.16. The lowest BCUT2D eigenvalue weighted by Crippen LogP contribution is -2.03. The molecule has 3 aromatic rings. The molecule has 0 aliphatic rings. The summed E-state index contributed by atoms with van der Waals surface area (Å²) in [6.45, 7) is 1.93. The highest BCUT2D eigenvalue weighted by Crippen LogP contribution is 2.19. The predicted octanol–water partition coefficient (Wildman–Crippen LogP) is 3.58. The van der Waals surface area contributed by atoms with Crippen molar-refractivity contribution in [2.24, 2.45) is 0 Å². The lowest BCUT2D eigenvalue weighted by atomic mass is 10.0. The van der Waals surface area contributed by atoms with Gasteiger partial charge in [0.05, 0.1) is 19.1 Å². The van der Waals surface area contributed by atoms with Gasteiger partial charge in [0.1, 0.15) is 5.69 Å². The molecule has 0 spiro atoms. The summed E-state index contributed by atoms with van der Waals surface area (Å²) in [5.41, 5.74) is 3.12. The normalized spacial score (nSPS) is 10.6. The molecule has 1 aromatic carbocycles. The quantitative estimate of drug-likeness (QED) is 0.636. The predicted molar refractivity (Wildman–Crippen MR) is 90.6 cm³/mol. The third-order valence-electron chi connectivity index (χ3n) is 3.53. The highest BCUT2D eigenvalue weighted by atomic mass is 79.9. The number of halogens is 1. The van der Waals surface area contributed by atoms with E-state index in [-0.39, 0.29) is 5.97 Å². The first kappa shape index (κ1) is 16.3. The summed E-state index contributed by atoms with van der Waals surface area (Å²) in [5, 5.41) is 3.96. The number of hydrogen-bond acceptors (Lipinski definition) is 6. The number of pyridine rings is 1. The van der Waals surface area contributed by atoms with Gasteiger partial charge in [-0.3, -0.25) is 4.98 Å². The third-order valence-corrected chi connectivity index (χ3v) is 4.00. The number of esters is 1. The molecule has 0 radical (unpaired) electrons. The molecule has 0 N–H and O–H groups in total. The highest BCUT2D eigenvalue weighted by Gasteiger charge is 2.13. The molecule has 0 atom stereocenters. The van der Waals surface area contributed by atoms with Gasteiger partial charge in [-0.05, 0) is 58.2 Å². The number of carbonyl (C=O) groups is 1. The number of methoxy groups -OCH3 is 1. The number of nitrogens with zero attached hydrogens (tertiary/aromatic N) is 3. The van der Waals surface area contributed by atoms with Gasteiger partial charge in [-0.1, -0.05) is 11.2 Å². The number of rotatable bonds is 4. The molecule has 122 valence electrons. The molecule has 0 aliphatic carbocycles. The van der Waals surface area contributed by atoms with Crippen molar-refractivity contribution in [1.82, 2.24) is 15.1 Å². The molecule has 0 amide bonds. The van der Waals surface area contributed by atoms with Crippen LogP contribution in [-0.2, 0) is 11.2 Å². The van der Waals surface area contributed by atoms with E-state index >= 15 is 0 Å². The minimum atomic E-state index is -0.356. The standard InChI is InChI=1S/C17H14BrN3O3/c1-10-7-12(17(22)23-2)4-3-11(10)8-15-20-16(21-24-15)14-6-5-13(18)9-19-14/h3-7,9H,8H2,1-2H3. The van der Waals surface area contributed by atoms with Crippen LogP contribution in [0.5, 0.6) is 0 Å². The lowest BCUT2D eigenvalue weighted by molar-refractivity contribution is 0.0600. The van der Waals surface area contributed by atoms with E-state index in [2.05, 4.69) is 31.1 Å². The van der Waals surface area contributed by atoms with Gasteiger partial charge in [-0.25, -0.2) is 4.79 Å². The summed E-state index contributed by atoms with van der Waals surface area (Å²) in [4.78, 5) is 20.2. The number of ether oxygens (including phenoxy) is 1. The molecule has 0 saturated heterocycles. The van der Waals surface area contributed by atoms with Gasteiger partial charge in [0, 0.05) is 10.7 Å². The molecule has 2 heterocycles. The minimum absolute atomic E-state index is 0.356. The molecule has 0 unspecified atom stereocenters. The second-order valence-corrected chi connectivity index (χ2v) is 6.10. The van der Waals surface area contributed by atoms with Crippen LogP contribution >= 0.6 is 15.9 Å². The summed E-state index contributed by atoms with van der Waals surface area (Å²) in [6, 6.07) is 9.06. The van der Waals surface area contributed by atoms with E-state index in [0.717, 1.165) is 15.6 Å². The van der Waals surface area contributed by atoms with Crippen molar-refractivity contribution >= 4 is 21.9 Å². The summed E-state index contributed by atoms with van der Waals surface area (Å²) in [7, 11) is 1.36. The van der Waals surface area contributed by atoms with Crippen LogP contribution in [-0.4, -0.2) is 28.2 Å². The molecule has 3 rings (SSSR count). The van der Waals surface area contributed by atoms with Crippen LogP contribution in [0, 0.1) is 6.92 Å². The van der Waals surface area contributed by atoms with Crippen LogP contribution in [0.25, 0.3) is 11.5 Å². The van der Waals surface area contributed by atoms with Crippen LogP contribution in [0.15, 0.2) is 45.5 Å². The third kappa shape index (κ3) is 3.51. The maximum atomic E-state index is 11.5. The molecule has 7 heteroatoms. The first-order valence-corrected chi connectivity index (χ1v) is 7.98. The number of carbonyl (C=O) groups excluding carboxylic acids is 1. The van der Waals surface area contributed by atoms with Gasteiger partial charge in [0.25, 0.3) is 0 Å². The van der Waals surface area contributed by atoms with E-state index in [1.807, 2.05) is 25.1 Å². The second kappa shape index (κ2) is 6.92. The molecule has 0 saturated carbocycles. The van der Waals surface area contributed by atoms with Crippen molar-refractivity contribution in [3.63, 3.8) is 0 Å². The Bertz CT molecular complexity index is 875. The number of aromatic nitrogens is 3. The summed E-state index contributed by atoms with van der Waals surface area (Å²) >= 11 is 3.34. The van der Waals surface area contributed by atoms with E-state index in [4.69, 9.17) is 9.26 Å². The molecule has 0 fully saturated rings. The minimum Gasteiger partial charge on any atom is -0.465 e. The Hall–Kier alpha value is -2.54. The van der Waals surface area contributed by atoms with Gasteiger partial charge in [0.2, 0.25) is 11.7 Å². The van der Waals surface area contributed by atoms with Crippen molar-refractivity contribution in [2.75, 3.05) is 7.11 Å². The average molecular weight is 388 g/mol. The monoisotopic (exact) mass is 387 g/mol. The highest BCUT2D eigenvalue weighted by molar-refractivity contribution is 9.10. The van der Waals surface area contributed by atoms with Gasteiger partial charge in [-0.15, -0.1) is 0 Å². The smallest absolute Gasteiger partial charge is 0.337 e. The van der Waals surface area contributed by atoms with Gasteiger partial charge in [-0.2, -0.15) is 4.98 Å². The first-order valence-electron chi connectivity index (χ1n) is 7.19. The lowest BCUT2D eigenvalue weighted by Gasteiger charge is -2.05. The molecular weight excluding hydrogens is 374 g/mol. The summed E-state index contributed by atoms with van der Waals surface area (Å²) < 4.78 is 10.9. The van der Waals surface area contributed by atoms with Crippen molar-refractivity contribution in [3.8, 4) is 11.5 Å². The molecule has 6 nitrogen and oxygen atoms in total. The maximum absolute atomic E-state index is 11.5. The Morgan fingerprint density at radius 1 is 1.29 bits per heavy atom. The fraction of sp³-hybridized carbons (Fsp3) is 0.176.